The topological polar surface area (TPSA) is 4.93 Å². The third kappa shape index (κ3) is 3.00. The van der Waals surface area contributed by atoms with E-state index in [0.717, 1.165) is 0 Å². The Hall–Kier alpha value is -3.00. The molecule has 0 spiro atoms. The summed E-state index contributed by atoms with van der Waals surface area (Å²) in [5.74, 6) is 0. The minimum atomic E-state index is 0. The fourth-order valence-corrected chi connectivity index (χ4v) is 5.40. The molecular weight excluding hydrogens is 475 g/mol. The van der Waals surface area contributed by atoms with Gasteiger partial charge in [-0.25, -0.2) is 0 Å². The summed E-state index contributed by atoms with van der Waals surface area (Å²) in [6.07, 6.45) is 0. The molecule has 0 fully saturated rings. The Balaban J connectivity index is 0.00000206. The van der Waals surface area contributed by atoms with Gasteiger partial charge in [0.05, 0.1) is 5.52 Å². The molecule has 0 aliphatic carbocycles. The van der Waals surface area contributed by atoms with Crippen molar-refractivity contribution in [2.75, 3.05) is 0 Å². The SMILES string of the molecule is Cn1c2ccccc2c2cc(-c3ccc4c(ccc5c[c-]ccc54)c3)c3ccccc3c21.[Y]. The van der Waals surface area contributed by atoms with Crippen LogP contribution >= 0.6 is 0 Å². The maximum atomic E-state index is 3.19. The minimum Gasteiger partial charge on any atom is -0.343 e. The second-order valence-electron chi connectivity index (χ2n) is 8.59. The van der Waals surface area contributed by atoms with Gasteiger partial charge in [0.25, 0.3) is 0 Å². The summed E-state index contributed by atoms with van der Waals surface area (Å²) in [7, 11) is 2.18. The van der Waals surface area contributed by atoms with E-state index in [-0.39, 0.29) is 32.7 Å². The van der Waals surface area contributed by atoms with Crippen LogP contribution in [0.3, 0.4) is 0 Å². The second kappa shape index (κ2) is 7.80. The number of rotatable bonds is 1. The van der Waals surface area contributed by atoms with Crippen LogP contribution in [0.15, 0.2) is 103 Å². The van der Waals surface area contributed by atoms with Crippen molar-refractivity contribution < 1.29 is 32.7 Å². The van der Waals surface area contributed by atoms with Gasteiger partial charge in [-0.15, -0.1) is 16.8 Å². The molecule has 6 aromatic carbocycles. The number of aryl methyl sites for hydroxylation is 1. The average molecular weight is 495 g/mol. The fraction of sp³-hybridized carbons (Fsp3) is 0.0323. The van der Waals surface area contributed by atoms with E-state index in [0.29, 0.717) is 0 Å². The number of benzene rings is 6. The van der Waals surface area contributed by atoms with E-state index in [9.17, 15) is 0 Å². The molecular formula is C31H20NY-. The van der Waals surface area contributed by atoms with Crippen molar-refractivity contribution in [3.05, 3.63) is 109 Å². The van der Waals surface area contributed by atoms with Crippen LogP contribution in [0.25, 0.3) is 65.3 Å². The van der Waals surface area contributed by atoms with Gasteiger partial charge in [0, 0.05) is 61.4 Å². The van der Waals surface area contributed by atoms with Crippen LogP contribution < -0.4 is 0 Å². The molecule has 2 heteroatoms. The summed E-state index contributed by atoms with van der Waals surface area (Å²) in [6, 6.07) is 40.6. The first-order valence-corrected chi connectivity index (χ1v) is 11.0. The molecule has 0 aliphatic rings. The van der Waals surface area contributed by atoms with Crippen molar-refractivity contribution >= 4 is 54.1 Å². The van der Waals surface area contributed by atoms with Crippen LogP contribution in [-0.4, -0.2) is 4.57 Å². The largest absolute Gasteiger partial charge is 0.343 e. The van der Waals surface area contributed by atoms with Crippen molar-refractivity contribution in [2.24, 2.45) is 7.05 Å². The average Bonchev–Trinajstić information content (AvgIpc) is 3.15. The standard InChI is InChI=1S/C31H20N.Y/c1-32-30-13-7-6-11-26(30)29-19-28(25-10-4-5-12-27(25)31(29)32)22-16-17-24-21(18-22)15-14-20-8-2-3-9-23(20)24;/h3-19H,1H3;/q-1;. The van der Waals surface area contributed by atoms with Gasteiger partial charge in [-0.1, -0.05) is 60.7 Å². The van der Waals surface area contributed by atoms with Crippen molar-refractivity contribution in [1.29, 1.82) is 0 Å². The Morgan fingerprint density at radius 2 is 1.33 bits per heavy atom. The van der Waals surface area contributed by atoms with Crippen molar-refractivity contribution in [2.45, 2.75) is 0 Å². The third-order valence-electron chi connectivity index (χ3n) is 6.90. The zero-order chi connectivity index (χ0) is 21.2. The number of fused-ring (bicyclic) bond motifs is 8. The van der Waals surface area contributed by atoms with Gasteiger partial charge < -0.3 is 4.57 Å². The van der Waals surface area contributed by atoms with Crippen LogP contribution in [0, 0.1) is 6.07 Å². The molecule has 33 heavy (non-hydrogen) atoms. The molecule has 153 valence electrons. The first-order chi connectivity index (χ1) is 15.8. The smallest absolute Gasteiger partial charge is 0.0568 e. The molecule has 1 heterocycles. The Morgan fingerprint density at radius 3 is 2.21 bits per heavy atom. The molecule has 0 amide bonds. The molecule has 1 aromatic heterocycles. The summed E-state index contributed by atoms with van der Waals surface area (Å²) >= 11 is 0. The predicted molar refractivity (Wildman–Crippen MR) is 137 cm³/mol. The minimum absolute atomic E-state index is 0. The maximum Gasteiger partial charge on any atom is 0.0568 e. The van der Waals surface area contributed by atoms with Gasteiger partial charge in [-0.3, -0.25) is 0 Å². The number of nitrogens with zero attached hydrogens (tertiary/aromatic N) is 1. The summed E-state index contributed by atoms with van der Waals surface area (Å²) in [5, 5.41) is 10.3. The van der Waals surface area contributed by atoms with E-state index < -0.39 is 0 Å². The molecule has 0 unspecified atom stereocenters. The van der Waals surface area contributed by atoms with Crippen molar-refractivity contribution in [3.8, 4) is 11.1 Å². The van der Waals surface area contributed by atoms with E-state index >= 15 is 0 Å². The zero-order valence-corrected chi connectivity index (χ0v) is 21.2. The van der Waals surface area contributed by atoms with Gasteiger partial charge in [0.2, 0.25) is 0 Å². The van der Waals surface area contributed by atoms with E-state index in [1.807, 2.05) is 6.07 Å². The number of para-hydroxylation sites is 1. The zero-order valence-electron chi connectivity index (χ0n) is 18.3. The Kier molecular flexibility index (Phi) is 4.87. The van der Waals surface area contributed by atoms with Crippen LogP contribution in [0.5, 0.6) is 0 Å². The summed E-state index contributed by atoms with van der Waals surface area (Å²) < 4.78 is 2.33. The molecule has 7 aromatic rings. The number of aromatic nitrogens is 1. The predicted octanol–water partition coefficient (Wildman–Crippen LogP) is 8.26. The van der Waals surface area contributed by atoms with E-state index in [1.54, 1.807) is 0 Å². The van der Waals surface area contributed by atoms with Crippen LogP contribution in [0.4, 0.5) is 0 Å². The van der Waals surface area contributed by atoms with Crippen LogP contribution in [0.1, 0.15) is 0 Å². The number of hydrogen-bond acceptors (Lipinski definition) is 0. The molecule has 0 atom stereocenters. The monoisotopic (exact) mass is 495 g/mol. The van der Waals surface area contributed by atoms with E-state index in [1.165, 1.54) is 65.3 Å². The quantitative estimate of drug-likeness (QED) is 0.160. The third-order valence-corrected chi connectivity index (χ3v) is 6.90. The summed E-state index contributed by atoms with van der Waals surface area (Å²) in [4.78, 5) is 0. The molecule has 1 nitrogen and oxygen atoms in total. The Bertz CT molecular complexity index is 1840. The molecule has 7 rings (SSSR count). The molecule has 0 saturated carbocycles. The first kappa shape index (κ1) is 20.6. The van der Waals surface area contributed by atoms with Crippen LogP contribution in [-0.2, 0) is 39.8 Å². The Labute approximate surface area is 217 Å². The van der Waals surface area contributed by atoms with Crippen molar-refractivity contribution in [3.63, 3.8) is 0 Å². The Morgan fingerprint density at radius 1 is 0.606 bits per heavy atom. The maximum absolute atomic E-state index is 3.19. The van der Waals surface area contributed by atoms with Gasteiger partial charge in [-0.2, -0.15) is 24.3 Å². The van der Waals surface area contributed by atoms with Gasteiger partial charge in [-0.05, 0) is 45.5 Å². The van der Waals surface area contributed by atoms with Crippen molar-refractivity contribution in [1.82, 2.24) is 4.57 Å². The molecule has 1 radical (unpaired) electrons. The molecule has 0 N–H and O–H groups in total. The van der Waals surface area contributed by atoms with Gasteiger partial charge in [0.15, 0.2) is 0 Å². The van der Waals surface area contributed by atoms with E-state index in [2.05, 4.69) is 115 Å². The van der Waals surface area contributed by atoms with Crippen LogP contribution in [0.2, 0.25) is 0 Å². The summed E-state index contributed by atoms with van der Waals surface area (Å²) in [5.41, 5.74) is 5.11. The molecule has 0 aliphatic heterocycles. The molecule has 0 bridgehead atoms. The van der Waals surface area contributed by atoms with Gasteiger partial charge in [0.1, 0.15) is 0 Å². The van der Waals surface area contributed by atoms with Gasteiger partial charge >= 0.3 is 0 Å². The fourth-order valence-electron chi connectivity index (χ4n) is 5.40. The normalized spacial score (nSPS) is 11.5. The molecule has 0 saturated heterocycles. The second-order valence-corrected chi connectivity index (χ2v) is 8.59. The number of hydrogen-bond donors (Lipinski definition) is 0. The van der Waals surface area contributed by atoms with E-state index in [4.69, 9.17) is 0 Å². The summed E-state index contributed by atoms with van der Waals surface area (Å²) in [6.45, 7) is 0. The first-order valence-electron chi connectivity index (χ1n) is 11.0.